The van der Waals surface area contributed by atoms with Crippen molar-refractivity contribution in [3.8, 4) is 0 Å². The van der Waals surface area contributed by atoms with E-state index in [2.05, 4.69) is 50.6 Å². The van der Waals surface area contributed by atoms with Crippen LogP contribution in [-0.2, 0) is 4.43 Å². The number of unbranched alkanes of at least 4 members (excludes halogenated alkanes) is 3. The molecule has 0 bridgehead atoms. The van der Waals surface area contributed by atoms with E-state index in [1.165, 1.54) is 70.6 Å². The molecule has 1 nitrogen and oxygen atoms in total. The Bertz CT molecular complexity index is 372. The Morgan fingerprint density at radius 3 is 1.69 bits per heavy atom. The molecule has 0 unspecified atom stereocenters. The minimum atomic E-state index is -2.11. The monoisotopic (exact) mass is 488 g/mol. The van der Waals surface area contributed by atoms with Gasteiger partial charge in [-0.25, -0.2) is 0 Å². The van der Waals surface area contributed by atoms with Crippen molar-refractivity contribution in [1.82, 2.24) is 0 Å². The molecular formula is C23H48OSiSn. The van der Waals surface area contributed by atoms with Crippen LogP contribution in [0.15, 0.2) is 10.2 Å². The maximum atomic E-state index is 6.76. The van der Waals surface area contributed by atoms with Gasteiger partial charge in [-0.05, 0) is 0 Å². The summed E-state index contributed by atoms with van der Waals surface area (Å²) in [4.78, 5) is 0. The van der Waals surface area contributed by atoms with Gasteiger partial charge in [0.05, 0.1) is 0 Å². The molecule has 0 N–H and O–H groups in total. The van der Waals surface area contributed by atoms with E-state index in [0.717, 1.165) is 0 Å². The molecule has 1 aliphatic rings. The SMILES string of the molecule is CCC[CH2][Sn](/[CH]=C/CC1(O[Si](C)(C)C)CCCC1)([CH2]CCC)[CH2]CCC. The summed E-state index contributed by atoms with van der Waals surface area (Å²) >= 11 is -2.11. The molecule has 0 aromatic carbocycles. The molecule has 154 valence electrons. The van der Waals surface area contributed by atoms with Gasteiger partial charge in [-0.3, -0.25) is 0 Å². The van der Waals surface area contributed by atoms with Crippen molar-refractivity contribution in [2.24, 2.45) is 0 Å². The maximum absolute atomic E-state index is 6.76. The number of hydrogen-bond donors (Lipinski definition) is 0. The van der Waals surface area contributed by atoms with Crippen molar-refractivity contribution in [2.75, 3.05) is 0 Å². The summed E-state index contributed by atoms with van der Waals surface area (Å²) in [6, 6.07) is 0. The fourth-order valence-electron chi connectivity index (χ4n) is 4.75. The van der Waals surface area contributed by atoms with Gasteiger partial charge >= 0.3 is 171 Å². The Balaban J connectivity index is 2.87. The third kappa shape index (κ3) is 9.27. The van der Waals surface area contributed by atoms with E-state index in [1.54, 1.807) is 13.3 Å². The van der Waals surface area contributed by atoms with Crippen LogP contribution in [0.25, 0.3) is 0 Å². The molecule has 0 aromatic rings. The van der Waals surface area contributed by atoms with Crippen molar-refractivity contribution in [3.05, 3.63) is 10.2 Å². The minimum absolute atomic E-state index is 0.193. The molecule has 0 saturated heterocycles. The molecule has 0 amide bonds. The second kappa shape index (κ2) is 12.3. The Kier molecular flexibility index (Phi) is 11.7. The molecule has 0 atom stereocenters. The van der Waals surface area contributed by atoms with Crippen LogP contribution in [0.2, 0.25) is 33.0 Å². The molecule has 1 rings (SSSR count). The van der Waals surface area contributed by atoms with Gasteiger partial charge in [-0.1, -0.05) is 0 Å². The van der Waals surface area contributed by atoms with Crippen molar-refractivity contribution in [2.45, 2.75) is 130 Å². The van der Waals surface area contributed by atoms with Crippen LogP contribution < -0.4 is 0 Å². The molecule has 1 saturated carbocycles. The van der Waals surface area contributed by atoms with Crippen molar-refractivity contribution in [1.29, 1.82) is 0 Å². The number of rotatable bonds is 14. The van der Waals surface area contributed by atoms with Gasteiger partial charge in [0.1, 0.15) is 0 Å². The Morgan fingerprint density at radius 1 is 0.846 bits per heavy atom. The second-order valence-corrected chi connectivity index (χ2v) is 27.3. The number of hydrogen-bond acceptors (Lipinski definition) is 1. The van der Waals surface area contributed by atoms with Gasteiger partial charge in [0.2, 0.25) is 0 Å². The first-order chi connectivity index (χ1) is 12.3. The quantitative estimate of drug-likeness (QED) is 0.223. The molecule has 1 aliphatic carbocycles. The van der Waals surface area contributed by atoms with Crippen LogP contribution in [0.4, 0.5) is 0 Å². The summed E-state index contributed by atoms with van der Waals surface area (Å²) in [5, 5.41) is 0. The van der Waals surface area contributed by atoms with Crippen molar-refractivity contribution in [3.63, 3.8) is 0 Å². The van der Waals surface area contributed by atoms with E-state index in [4.69, 9.17) is 4.43 Å². The third-order valence-corrected chi connectivity index (χ3v) is 21.4. The molecule has 1 fully saturated rings. The van der Waals surface area contributed by atoms with Crippen LogP contribution >= 0.6 is 0 Å². The predicted molar refractivity (Wildman–Crippen MR) is 124 cm³/mol. The molecule has 0 spiro atoms. The first kappa shape index (κ1) is 24.8. The Hall–Kier alpha value is 0.716. The molecule has 0 heterocycles. The molecule has 0 aromatic heterocycles. The van der Waals surface area contributed by atoms with Crippen LogP contribution in [0, 0.1) is 0 Å². The summed E-state index contributed by atoms with van der Waals surface area (Å²) in [6.07, 6.45) is 17.7. The van der Waals surface area contributed by atoms with Crippen LogP contribution in [0.5, 0.6) is 0 Å². The van der Waals surface area contributed by atoms with Gasteiger partial charge in [-0.15, -0.1) is 0 Å². The molecule has 0 radical (unpaired) electrons. The molecular weight excluding hydrogens is 439 g/mol. The van der Waals surface area contributed by atoms with Gasteiger partial charge in [0.15, 0.2) is 0 Å². The topological polar surface area (TPSA) is 9.23 Å². The standard InChI is InChI=1S/C11H21OSi.3C4H9.Sn/c1-5-8-11(9-6-7-10-11)12-13(2,3)4;3*1-3-4-2;/h1,5H,6-10H2,2-4H3;3*1,3-4H2,2H3;. The van der Waals surface area contributed by atoms with Crippen LogP contribution in [0.3, 0.4) is 0 Å². The normalized spacial score (nSPS) is 18.1. The molecule has 0 aliphatic heterocycles. The average Bonchev–Trinajstić information content (AvgIpc) is 3.02. The summed E-state index contributed by atoms with van der Waals surface area (Å²) in [5.41, 5.74) is 0.193. The molecule has 3 heteroatoms. The first-order valence-corrected chi connectivity index (χ1v) is 22.8. The second-order valence-electron chi connectivity index (χ2n) is 9.88. The first-order valence-electron chi connectivity index (χ1n) is 11.7. The summed E-state index contributed by atoms with van der Waals surface area (Å²) < 4.78 is 14.4. The fraction of sp³-hybridized carbons (Fsp3) is 0.913. The zero-order valence-corrected chi connectivity index (χ0v) is 22.8. The van der Waals surface area contributed by atoms with E-state index < -0.39 is 26.7 Å². The van der Waals surface area contributed by atoms with E-state index in [9.17, 15) is 0 Å². The third-order valence-electron chi connectivity index (χ3n) is 6.08. The van der Waals surface area contributed by atoms with Gasteiger partial charge in [0.25, 0.3) is 0 Å². The summed E-state index contributed by atoms with van der Waals surface area (Å²) in [7, 11) is -1.47. The average molecular weight is 487 g/mol. The molecule has 26 heavy (non-hydrogen) atoms. The van der Waals surface area contributed by atoms with E-state index in [0.29, 0.717) is 0 Å². The van der Waals surface area contributed by atoms with E-state index in [1.807, 2.05) is 0 Å². The zero-order valence-electron chi connectivity index (χ0n) is 19.0. The van der Waals surface area contributed by atoms with Gasteiger partial charge in [-0.2, -0.15) is 0 Å². The van der Waals surface area contributed by atoms with Gasteiger partial charge < -0.3 is 0 Å². The summed E-state index contributed by atoms with van der Waals surface area (Å²) in [6.45, 7) is 14.2. The van der Waals surface area contributed by atoms with Crippen molar-refractivity contribution < 1.29 is 4.43 Å². The van der Waals surface area contributed by atoms with Crippen LogP contribution in [-0.4, -0.2) is 32.3 Å². The van der Waals surface area contributed by atoms with Crippen LogP contribution in [0.1, 0.15) is 91.4 Å². The fourth-order valence-corrected chi connectivity index (χ4v) is 20.7. The van der Waals surface area contributed by atoms with E-state index in [-0.39, 0.29) is 5.60 Å². The Labute approximate surface area is 170 Å². The zero-order chi connectivity index (χ0) is 19.5. The van der Waals surface area contributed by atoms with E-state index >= 15 is 0 Å². The Morgan fingerprint density at radius 2 is 1.31 bits per heavy atom. The predicted octanol–water partition coefficient (Wildman–Crippen LogP) is 8.49. The summed E-state index contributed by atoms with van der Waals surface area (Å²) in [5.74, 6) is 0. The van der Waals surface area contributed by atoms with Crippen molar-refractivity contribution >= 4 is 26.7 Å². The van der Waals surface area contributed by atoms with Gasteiger partial charge in [0, 0.05) is 0 Å².